The minimum atomic E-state index is 0. The van der Waals surface area contributed by atoms with E-state index in [-0.39, 0.29) is 24.0 Å². The van der Waals surface area contributed by atoms with Gasteiger partial charge in [-0.2, -0.15) is 0 Å². The Kier molecular flexibility index (Phi) is 17.9. The van der Waals surface area contributed by atoms with Crippen molar-refractivity contribution in [3.05, 3.63) is 0 Å². The Morgan fingerprint density at radius 1 is 1.11 bits per heavy atom. The molecule has 0 aliphatic carbocycles. The second kappa shape index (κ2) is 16.0. The zero-order valence-electron chi connectivity index (χ0n) is 13.1. The molecule has 0 aliphatic heterocycles. The minimum absolute atomic E-state index is 0. The number of nitrogens with one attached hydrogen (secondary N) is 1. The molecule has 0 fully saturated rings. The van der Waals surface area contributed by atoms with Gasteiger partial charge in [0.15, 0.2) is 5.96 Å². The maximum absolute atomic E-state index is 5.51. The summed E-state index contributed by atoms with van der Waals surface area (Å²) in [5.74, 6) is 0.991. The van der Waals surface area contributed by atoms with Crippen molar-refractivity contribution in [2.75, 3.05) is 39.9 Å². The molecule has 4 nitrogen and oxygen atoms in total. The van der Waals surface area contributed by atoms with Crippen molar-refractivity contribution in [1.82, 2.24) is 10.2 Å². The van der Waals surface area contributed by atoms with E-state index in [0.29, 0.717) is 0 Å². The van der Waals surface area contributed by atoms with Crippen molar-refractivity contribution in [3.8, 4) is 0 Å². The molecule has 5 heteroatoms. The molecular weight excluding hydrogens is 353 g/mol. The summed E-state index contributed by atoms with van der Waals surface area (Å²) < 4.78 is 5.51. The summed E-state index contributed by atoms with van der Waals surface area (Å²) in [6, 6.07) is 0. The van der Waals surface area contributed by atoms with Gasteiger partial charge >= 0.3 is 0 Å². The van der Waals surface area contributed by atoms with Crippen molar-refractivity contribution in [3.63, 3.8) is 0 Å². The lowest BCUT2D eigenvalue weighted by molar-refractivity contribution is 0.138. The fraction of sp³-hybridized carbons (Fsp3) is 0.929. The zero-order valence-corrected chi connectivity index (χ0v) is 15.4. The molecule has 0 aromatic rings. The first-order chi connectivity index (χ1) is 8.76. The van der Waals surface area contributed by atoms with Crippen LogP contribution in [-0.4, -0.2) is 50.8 Å². The Hall–Kier alpha value is -0.0400. The zero-order chi connectivity index (χ0) is 13.6. The first-order valence-corrected chi connectivity index (χ1v) is 7.33. The van der Waals surface area contributed by atoms with Gasteiger partial charge in [0.1, 0.15) is 0 Å². The van der Waals surface area contributed by atoms with Crippen LogP contribution < -0.4 is 5.32 Å². The van der Waals surface area contributed by atoms with Crippen LogP contribution in [0.15, 0.2) is 4.99 Å². The average Bonchev–Trinajstić information content (AvgIpc) is 2.38. The number of hydrogen-bond donors (Lipinski definition) is 1. The monoisotopic (exact) mass is 385 g/mol. The van der Waals surface area contributed by atoms with Crippen molar-refractivity contribution in [1.29, 1.82) is 0 Å². The first-order valence-electron chi connectivity index (χ1n) is 7.33. The SMILES string of the molecule is CCCCOCCN=C(NCC)N(C)CCCC.I. The van der Waals surface area contributed by atoms with Gasteiger partial charge in [0.25, 0.3) is 0 Å². The average molecular weight is 385 g/mol. The van der Waals surface area contributed by atoms with Gasteiger partial charge in [0.2, 0.25) is 0 Å². The normalized spacial score (nSPS) is 11.1. The van der Waals surface area contributed by atoms with Crippen LogP contribution in [0.1, 0.15) is 46.5 Å². The van der Waals surface area contributed by atoms with E-state index in [4.69, 9.17) is 4.74 Å². The molecule has 19 heavy (non-hydrogen) atoms. The minimum Gasteiger partial charge on any atom is -0.380 e. The van der Waals surface area contributed by atoms with E-state index < -0.39 is 0 Å². The number of hydrogen-bond acceptors (Lipinski definition) is 2. The van der Waals surface area contributed by atoms with E-state index in [1.807, 2.05) is 0 Å². The lowest BCUT2D eigenvalue weighted by atomic mass is 10.3. The molecule has 0 atom stereocenters. The van der Waals surface area contributed by atoms with E-state index in [1.165, 1.54) is 19.3 Å². The smallest absolute Gasteiger partial charge is 0.193 e. The molecule has 1 N–H and O–H groups in total. The molecular formula is C14H32IN3O. The Morgan fingerprint density at radius 2 is 1.79 bits per heavy atom. The number of unbranched alkanes of at least 4 members (excludes halogenated alkanes) is 2. The van der Waals surface area contributed by atoms with Gasteiger partial charge in [0, 0.05) is 26.7 Å². The number of halogens is 1. The van der Waals surface area contributed by atoms with Crippen molar-refractivity contribution in [2.45, 2.75) is 46.5 Å². The number of nitrogens with zero attached hydrogens (tertiary/aromatic N) is 2. The predicted molar refractivity (Wildman–Crippen MR) is 94.7 cm³/mol. The standard InChI is InChI=1S/C14H31N3O.HI/c1-5-8-11-17(4)14(15-7-3)16-10-13-18-12-9-6-2;/h5-13H2,1-4H3,(H,15,16);1H. The van der Waals surface area contributed by atoms with Crippen LogP contribution in [0.4, 0.5) is 0 Å². The summed E-state index contributed by atoms with van der Waals surface area (Å²) in [4.78, 5) is 6.76. The maximum atomic E-state index is 5.51. The van der Waals surface area contributed by atoms with E-state index >= 15 is 0 Å². The topological polar surface area (TPSA) is 36.9 Å². The molecule has 0 aliphatic rings. The van der Waals surface area contributed by atoms with Crippen LogP contribution in [-0.2, 0) is 4.74 Å². The van der Waals surface area contributed by atoms with Crippen LogP contribution in [0.5, 0.6) is 0 Å². The van der Waals surface area contributed by atoms with Crippen molar-refractivity contribution in [2.24, 2.45) is 4.99 Å². The summed E-state index contributed by atoms with van der Waals surface area (Å²) >= 11 is 0. The van der Waals surface area contributed by atoms with Crippen LogP contribution in [0, 0.1) is 0 Å². The highest BCUT2D eigenvalue weighted by atomic mass is 127. The number of ether oxygens (including phenoxy) is 1. The molecule has 0 heterocycles. The number of aliphatic imine (C=N–C) groups is 1. The predicted octanol–water partition coefficient (Wildman–Crippen LogP) is 3.12. The third-order valence-electron chi connectivity index (χ3n) is 2.68. The molecule has 0 aromatic carbocycles. The van der Waals surface area contributed by atoms with E-state index in [1.54, 1.807) is 0 Å². The largest absolute Gasteiger partial charge is 0.380 e. The van der Waals surface area contributed by atoms with Gasteiger partial charge in [0.05, 0.1) is 13.2 Å². The van der Waals surface area contributed by atoms with Gasteiger partial charge in [-0.15, -0.1) is 24.0 Å². The first kappa shape index (κ1) is 21.3. The summed E-state index contributed by atoms with van der Waals surface area (Å²) in [6.45, 7) is 10.8. The van der Waals surface area contributed by atoms with Crippen LogP contribution >= 0.6 is 24.0 Å². The molecule has 0 saturated carbocycles. The molecule has 116 valence electrons. The Labute approximate surface area is 136 Å². The maximum Gasteiger partial charge on any atom is 0.193 e. The van der Waals surface area contributed by atoms with Crippen LogP contribution in [0.2, 0.25) is 0 Å². The molecule has 0 spiro atoms. The lowest BCUT2D eigenvalue weighted by Gasteiger charge is -2.21. The molecule has 0 rings (SSSR count). The lowest BCUT2D eigenvalue weighted by Crippen LogP contribution is -2.39. The summed E-state index contributed by atoms with van der Waals surface area (Å²) in [7, 11) is 2.09. The van der Waals surface area contributed by atoms with Gasteiger partial charge in [-0.25, -0.2) is 0 Å². The Balaban J connectivity index is 0. The molecule has 0 radical (unpaired) electrons. The second-order valence-electron chi connectivity index (χ2n) is 4.48. The highest BCUT2D eigenvalue weighted by Gasteiger charge is 2.03. The van der Waals surface area contributed by atoms with Gasteiger partial charge < -0.3 is 15.0 Å². The third-order valence-corrected chi connectivity index (χ3v) is 2.68. The second-order valence-corrected chi connectivity index (χ2v) is 4.48. The molecule has 0 bridgehead atoms. The van der Waals surface area contributed by atoms with E-state index in [2.05, 4.69) is 43.0 Å². The summed E-state index contributed by atoms with van der Waals surface area (Å²) in [6.07, 6.45) is 4.74. The van der Waals surface area contributed by atoms with Crippen LogP contribution in [0.25, 0.3) is 0 Å². The van der Waals surface area contributed by atoms with Crippen LogP contribution in [0.3, 0.4) is 0 Å². The highest BCUT2D eigenvalue weighted by Crippen LogP contribution is 1.93. The summed E-state index contributed by atoms with van der Waals surface area (Å²) in [5.41, 5.74) is 0. The number of rotatable bonds is 10. The van der Waals surface area contributed by atoms with Crippen molar-refractivity contribution < 1.29 is 4.74 Å². The van der Waals surface area contributed by atoms with E-state index in [9.17, 15) is 0 Å². The fourth-order valence-corrected chi connectivity index (χ4v) is 1.54. The third kappa shape index (κ3) is 12.7. The molecule has 0 unspecified atom stereocenters. The van der Waals surface area contributed by atoms with Gasteiger partial charge in [-0.3, -0.25) is 4.99 Å². The fourth-order valence-electron chi connectivity index (χ4n) is 1.54. The molecule has 0 amide bonds. The summed E-state index contributed by atoms with van der Waals surface area (Å²) in [5, 5.41) is 3.31. The molecule has 0 saturated heterocycles. The van der Waals surface area contributed by atoms with Gasteiger partial charge in [-0.05, 0) is 19.8 Å². The van der Waals surface area contributed by atoms with E-state index in [0.717, 1.165) is 45.2 Å². The van der Waals surface area contributed by atoms with Crippen molar-refractivity contribution >= 4 is 29.9 Å². The quantitative estimate of drug-likeness (QED) is 0.272. The number of guanidine groups is 1. The molecule has 0 aromatic heterocycles. The highest BCUT2D eigenvalue weighted by molar-refractivity contribution is 14.0. The van der Waals surface area contributed by atoms with Gasteiger partial charge in [-0.1, -0.05) is 26.7 Å². The Bertz CT molecular complexity index is 213. The Morgan fingerprint density at radius 3 is 2.37 bits per heavy atom.